The minimum Gasteiger partial charge on any atom is -0.375 e. The van der Waals surface area contributed by atoms with E-state index in [4.69, 9.17) is 5.73 Å². The van der Waals surface area contributed by atoms with E-state index in [9.17, 15) is 8.42 Å². The van der Waals surface area contributed by atoms with Gasteiger partial charge in [-0.15, -0.1) is 0 Å². The molecule has 0 saturated carbocycles. The Morgan fingerprint density at radius 1 is 1.42 bits per heavy atom. The summed E-state index contributed by atoms with van der Waals surface area (Å²) in [5, 5.41) is 0.242. The summed E-state index contributed by atoms with van der Waals surface area (Å²) in [6.45, 7) is 3.65. The van der Waals surface area contributed by atoms with Crippen LogP contribution in [0.4, 0.5) is 5.13 Å². The third kappa shape index (κ3) is 3.09. The van der Waals surface area contributed by atoms with Crippen molar-refractivity contribution in [2.75, 3.05) is 5.73 Å². The molecule has 0 aliphatic carbocycles. The molecule has 0 aromatic carbocycles. The third-order valence-electron chi connectivity index (χ3n) is 2.56. The Morgan fingerprint density at radius 2 is 2.16 bits per heavy atom. The third-order valence-corrected chi connectivity index (χ3v) is 5.56. The fourth-order valence-electron chi connectivity index (χ4n) is 1.58. The van der Waals surface area contributed by atoms with Crippen LogP contribution >= 0.6 is 11.3 Å². The molecule has 0 spiro atoms. The van der Waals surface area contributed by atoms with Gasteiger partial charge in [0.05, 0.1) is 17.9 Å². The van der Waals surface area contributed by atoms with E-state index in [2.05, 4.69) is 14.7 Å². The fourth-order valence-corrected chi connectivity index (χ4v) is 3.91. The lowest BCUT2D eigenvalue weighted by Gasteiger charge is -2.06. The van der Waals surface area contributed by atoms with Gasteiger partial charge in [0.2, 0.25) is 0 Å². The average Bonchev–Trinajstić information content (AvgIpc) is 2.68. The van der Waals surface area contributed by atoms with E-state index in [0.717, 1.165) is 16.9 Å². The van der Waals surface area contributed by atoms with Crippen molar-refractivity contribution in [2.45, 2.75) is 24.6 Å². The Hall–Kier alpha value is -1.51. The van der Waals surface area contributed by atoms with Crippen molar-refractivity contribution >= 4 is 26.5 Å². The van der Waals surface area contributed by atoms with E-state index in [-0.39, 0.29) is 15.9 Å². The zero-order valence-corrected chi connectivity index (χ0v) is 12.2. The summed E-state index contributed by atoms with van der Waals surface area (Å²) in [6, 6.07) is 3.69. The molecule has 0 atom stereocenters. The predicted octanol–water partition coefficient (Wildman–Crippen LogP) is 1.22. The van der Waals surface area contributed by atoms with Crippen LogP contribution in [0, 0.1) is 13.8 Å². The zero-order chi connectivity index (χ0) is 14.0. The molecule has 2 aromatic heterocycles. The van der Waals surface area contributed by atoms with Gasteiger partial charge in [-0.3, -0.25) is 4.98 Å². The number of rotatable bonds is 4. The van der Waals surface area contributed by atoms with Crippen LogP contribution in [-0.4, -0.2) is 18.4 Å². The van der Waals surface area contributed by atoms with E-state index < -0.39 is 10.0 Å². The number of nitrogens with one attached hydrogen (secondary N) is 1. The van der Waals surface area contributed by atoms with E-state index in [0.29, 0.717) is 11.4 Å². The van der Waals surface area contributed by atoms with Crippen molar-refractivity contribution in [1.29, 1.82) is 0 Å². The van der Waals surface area contributed by atoms with Gasteiger partial charge in [0.1, 0.15) is 0 Å². The van der Waals surface area contributed by atoms with Gasteiger partial charge in [-0.25, -0.2) is 18.1 Å². The van der Waals surface area contributed by atoms with Crippen molar-refractivity contribution in [3.63, 3.8) is 0 Å². The predicted molar refractivity (Wildman–Crippen MR) is 74.3 cm³/mol. The fraction of sp³-hybridized carbons (Fsp3) is 0.273. The number of sulfonamides is 1. The maximum Gasteiger partial charge on any atom is 0.252 e. The highest BCUT2D eigenvalue weighted by molar-refractivity contribution is 7.91. The number of nitrogens with two attached hydrogens (primary N) is 1. The Morgan fingerprint density at radius 3 is 2.74 bits per heavy atom. The molecular formula is C11H14N4O2S2. The minimum atomic E-state index is -3.60. The van der Waals surface area contributed by atoms with Crippen LogP contribution in [0.1, 0.15) is 17.0 Å². The molecule has 3 N–H and O–H groups in total. The second-order valence-electron chi connectivity index (χ2n) is 4.02. The first-order valence-corrected chi connectivity index (χ1v) is 7.83. The Balaban J connectivity index is 2.19. The highest BCUT2D eigenvalue weighted by atomic mass is 32.2. The number of hydrogen-bond donors (Lipinski definition) is 2. The SMILES string of the molecule is Cc1cccnc1CNS(=O)(=O)c1sc(N)nc1C. The van der Waals surface area contributed by atoms with Crippen LogP contribution in [-0.2, 0) is 16.6 Å². The average molecular weight is 298 g/mol. The summed E-state index contributed by atoms with van der Waals surface area (Å²) in [4.78, 5) is 8.05. The van der Waals surface area contributed by atoms with Crippen molar-refractivity contribution in [3.05, 3.63) is 35.3 Å². The Labute approximate surface area is 115 Å². The summed E-state index contributed by atoms with van der Waals surface area (Å²) in [5.41, 5.74) is 7.55. The largest absolute Gasteiger partial charge is 0.375 e. The number of pyridine rings is 1. The first-order chi connectivity index (χ1) is 8.90. The lowest BCUT2D eigenvalue weighted by molar-refractivity contribution is 0.581. The molecule has 0 bridgehead atoms. The van der Waals surface area contributed by atoms with Gasteiger partial charge in [-0.05, 0) is 25.5 Å². The molecule has 2 rings (SSSR count). The monoisotopic (exact) mass is 298 g/mol. The maximum atomic E-state index is 12.1. The molecule has 0 aliphatic rings. The van der Waals surface area contributed by atoms with Gasteiger partial charge < -0.3 is 5.73 Å². The van der Waals surface area contributed by atoms with E-state index in [1.54, 1.807) is 19.2 Å². The standard InChI is InChI=1S/C11H14N4O2S2/c1-7-4-3-5-13-9(7)6-14-19(16,17)10-8(2)15-11(12)18-10/h3-5,14H,6H2,1-2H3,(H2,12,15). The number of hydrogen-bond acceptors (Lipinski definition) is 6. The summed E-state index contributed by atoms with van der Waals surface area (Å²) >= 11 is 0.956. The van der Waals surface area contributed by atoms with Crippen LogP contribution in [0.5, 0.6) is 0 Å². The Bertz CT molecular complexity index is 694. The van der Waals surface area contributed by atoms with E-state index in [1.807, 2.05) is 13.0 Å². The van der Waals surface area contributed by atoms with Gasteiger partial charge >= 0.3 is 0 Å². The van der Waals surface area contributed by atoms with Gasteiger partial charge in [-0.2, -0.15) is 0 Å². The number of aryl methyl sites for hydroxylation is 2. The van der Waals surface area contributed by atoms with Crippen molar-refractivity contribution in [3.8, 4) is 0 Å². The lowest BCUT2D eigenvalue weighted by Crippen LogP contribution is -2.24. The maximum absolute atomic E-state index is 12.1. The number of nitrogen functional groups attached to an aromatic ring is 1. The van der Waals surface area contributed by atoms with Crippen LogP contribution in [0.2, 0.25) is 0 Å². The number of aromatic nitrogens is 2. The van der Waals surface area contributed by atoms with Crippen molar-refractivity contribution in [1.82, 2.24) is 14.7 Å². The highest BCUT2D eigenvalue weighted by Crippen LogP contribution is 2.24. The normalized spacial score (nSPS) is 11.7. The molecular weight excluding hydrogens is 284 g/mol. The molecule has 0 aliphatic heterocycles. The topological polar surface area (TPSA) is 98.0 Å². The number of nitrogens with zero attached hydrogens (tertiary/aromatic N) is 2. The van der Waals surface area contributed by atoms with E-state index >= 15 is 0 Å². The van der Waals surface area contributed by atoms with E-state index in [1.165, 1.54) is 0 Å². The first-order valence-electron chi connectivity index (χ1n) is 5.53. The Kier molecular flexibility index (Phi) is 3.83. The molecule has 19 heavy (non-hydrogen) atoms. The molecule has 0 amide bonds. The highest BCUT2D eigenvalue weighted by Gasteiger charge is 2.21. The summed E-state index contributed by atoms with van der Waals surface area (Å²) in [7, 11) is -3.60. The lowest BCUT2D eigenvalue weighted by atomic mass is 10.2. The first kappa shape index (κ1) is 13.9. The number of thiazole rings is 1. The molecule has 0 unspecified atom stereocenters. The van der Waals surface area contributed by atoms with Crippen molar-refractivity contribution < 1.29 is 8.42 Å². The zero-order valence-electron chi connectivity index (χ0n) is 10.5. The molecule has 0 radical (unpaired) electrons. The van der Waals surface area contributed by atoms with Gasteiger partial charge in [0.15, 0.2) is 9.34 Å². The summed E-state index contributed by atoms with van der Waals surface area (Å²) in [6.07, 6.45) is 1.63. The molecule has 102 valence electrons. The quantitative estimate of drug-likeness (QED) is 0.884. The molecule has 8 heteroatoms. The molecule has 0 fully saturated rings. The second-order valence-corrected chi connectivity index (χ2v) is 7.01. The summed E-state index contributed by atoms with van der Waals surface area (Å²) < 4.78 is 26.9. The van der Waals surface area contributed by atoms with Gasteiger partial charge in [0, 0.05) is 6.20 Å². The summed E-state index contributed by atoms with van der Waals surface area (Å²) in [5.74, 6) is 0. The van der Waals surface area contributed by atoms with Gasteiger partial charge in [0.25, 0.3) is 10.0 Å². The molecule has 2 aromatic rings. The molecule has 0 saturated heterocycles. The number of anilines is 1. The minimum absolute atomic E-state index is 0.145. The molecule has 2 heterocycles. The second kappa shape index (κ2) is 5.24. The molecule has 6 nitrogen and oxygen atoms in total. The smallest absolute Gasteiger partial charge is 0.252 e. The van der Waals surface area contributed by atoms with Crippen LogP contribution in [0.15, 0.2) is 22.5 Å². The van der Waals surface area contributed by atoms with Crippen molar-refractivity contribution in [2.24, 2.45) is 0 Å². The van der Waals surface area contributed by atoms with Crippen LogP contribution in [0.25, 0.3) is 0 Å². The van der Waals surface area contributed by atoms with Crippen LogP contribution in [0.3, 0.4) is 0 Å². The van der Waals surface area contributed by atoms with Crippen LogP contribution < -0.4 is 10.5 Å². The van der Waals surface area contributed by atoms with Gasteiger partial charge in [-0.1, -0.05) is 17.4 Å².